The molecule has 0 unspecified atom stereocenters. The predicted molar refractivity (Wildman–Crippen MR) is 134 cm³/mol. The highest BCUT2D eigenvalue weighted by molar-refractivity contribution is 14.1. The first kappa shape index (κ1) is 21.9. The Hall–Kier alpha value is -2.36. The van der Waals surface area contributed by atoms with Gasteiger partial charge in [0, 0.05) is 20.4 Å². The van der Waals surface area contributed by atoms with Gasteiger partial charge < -0.3 is 9.15 Å². The minimum atomic E-state index is -0.419. The molecule has 0 saturated carbocycles. The molecular weight excluding hydrogens is 595 g/mol. The van der Waals surface area contributed by atoms with Crippen LogP contribution in [0.2, 0.25) is 5.02 Å². The number of rotatable bonds is 6. The molecule has 1 aromatic heterocycles. The normalized spacial score (nSPS) is 11.2. The molecule has 4 aromatic rings. The fourth-order valence-electron chi connectivity index (χ4n) is 2.83. The number of fused-ring (bicyclic) bond motifs is 1. The van der Waals surface area contributed by atoms with Gasteiger partial charge in [0.25, 0.3) is 0 Å². The summed E-state index contributed by atoms with van der Waals surface area (Å²) in [5.74, 6) is 0.524. The van der Waals surface area contributed by atoms with Gasteiger partial charge in [-0.05, 0) is 76.7 Å². The zero-order chi connectivity index (χ0) is 21.8. The first-order valence-electron chi connectivity index (χ1n) is 9.18. The van der Waals surface area contributed by atoms with Crippen LogP contribution in [0.15, 0.2) is 80.7 Å². The van der Waals surface area contributed by atoms with Crippen molar-refractivity contribution in [3.05, 3.63) is 96.7 Å². The van der Waals surface area contributed by atoms with E-state index in [-0.39, 0.29) is 5.76 Å². The molecule has 1 amide bonds. The van der Waals surface area contributed by atoms with Crippen molar-refractivity contribution < 1.29 is 13.9 Å². The van der Waals surface area contributed by atoms with Crippen LogP contribution >= 0.6 is 50.1 Å². The molecule has 0 fully saturated rings. The summed E-state index contributed by atoms with van der Waals surface area (Å²) in [6.07, 6.45) is 1.57. The van der Waals surface area contributed by atoms with Crippen molar-refractivity contribution in [1.29, 1.82) is 0 Å². The van der Waals surface area contributed by atoms with Crippen LogP contribution in [0.4, 0.5) is 0 Å². The number of hydrogen-bond donors (Lipinski definition) is 1. The molecule has 4 rings (SSSR count). The van der Waals surface area contributed by atoms with Gasteiger partial charge in [0.2, 0.25) is 0 Å². The van der Waals surface area contributed by atoms with Gasteiger partial charge in [0.1, 0.15) is 17.9 Å². The first-order chi connectivity index (χ1) is 15.0. The summed E-state index contributed by atoms with van der Waals surface area (Å²) in [5, 5.41) is 5.54. The number of benzene rings is 3. The average molecular weight is 610 g/mol. The molecule has 0 aliphatic heterocycles. The lowest BCUT2D eigenvalue weighted by molar-refractivity contribution is 0.0929. The van der Waals surface area contributed by atoms with E-state index in [0.29, 0.717) is 17.2 Å². The van der Waals surface area contributed by atoms with E-state index in [1.807, 2.05) is 54.6 Å². The Balaban J connectivity index is 1.37. The fourth-order valence-corrected chi connectivity index (χ4v) is 4.10. The zero-order valence-corrected chi connectivity index (χ0v) is 20.4. The third kappa shape index (κ3) is 5.47. The number of amides is 1. The minimum Gasteiger partial charge on any atom is -0.488 e. The summed E-state index contributed by atoms with van der Waals surface area (Å²) < 4.78 is 13.3. The molecular formula is C23H15BrClIN2O3. The topological polar surface area (TPSA) is 63.8 Å². The van der Waals surface area contributed by atoms with Crippen LogP contribution in [0, 0.1) is 3.57 Å². The number of hydrazone groups is 1. The first-order valence-corrected chi connectivity index (χ1v) is 11.4. The second-order valence-electron chi connectivity index (χ2n) is 6.56. The summed E-state index contributed by atoms with van der Waals surface area (Å²) in [4.78, 5) is 12.3. The van der Waals surface area contributed by atoms with Gasteiger partial charge >= 0.3 is 5.91 Å². The third-order valence-electron chi connectivity index (χ3n) is 4.38. The Bertz CT molecular complexity index is 1290. The SMILES string of the molecule is O=C(N/N=C/c1ccc(OCc2ccccc2Cl)c(I)c1)c1cc2cc(Br)ccc2o1. The van der Waals surface area contributed by atoms with E-state index in [9.17, 15) is 4.79 Å². The highest BCUT2D eigenvalue weighted by atomic mass is 127. The maximum atomic E-state index is 12.3. The maximum Gasteiger partial charge on any atom is 0.307 e. The summed E-state index contributed by atoms with van der Waals surface area (Å²) >= 11 is 11.8. The van der Waals surface area contributed by atoms with Gasteiger partial charge in [-0.2, -0.15) is 5.10 Å². The summed E-state index contributed by atoms with van der Waals surface area (Å²) in [5.41, 5.74) is 4.87. The van der Waals surface area contributed by atoms with E-state index in [4.69, 9.17) is 20.8 Å². The lowest BCUT2D eigenvalue weighted by Gasteiger charge is -2.10. The number of nitrogens with one attached hydrogen (secondary N) is 1. The molecule has 5 nitrogen and oxygen atoms in total. The summed E-state index contributed by atoms with van der Waals surface area (Å²) in [7, 11) is 0. The summed E-state index contributed by atoms with van der Waals surface area (Å²) in [6, 6.07) is 20.4. The molecule has 0 saturated heterocycles. The van der Waals surface area contributed by atoms with Crippen LogP contribution in [0.3, 0.4) is 0 Å². The van der Waals surface area contributed by atoms with Crippen molar-refractivity contribution in [3.63, 3.8) is 0 Å². The van der Waals surface area contributed by atoms with Gasteiger partial charge in [-0.25, -0.2) is 5.43 Å². The van der Waals surface area contributed by atoms with Crippen LogP contribution < -0.4 is 10.2 Å². The molecule has 0 bridgehead atoms. The number of carbonyl (C=O) groups is 1. The van der Waals surface area contributed by atoms with E-state index in [0.717, 1.165) is 30.3 Å². The van der Waals surface area contributed by atoms with Crippen LogP contribution in [0.5, 0.6) is 5.75 Å². The van der Waals surface area contributed by atoms with Crippen LogP contribution in [-0.4, -0.2) is 12.1 Å². The smallest absolute Gasteiger partial charge is 0.307 e. The van der Waals surface area contributed by atoms with Crippen molar-refractivity contribution in [2.45, 2.75) is 6.61 Å². The van der Waals surface area contributed by atoms with Gasteiger partial charge in [0.15, 0.2) is 5.76 Å². The number of furan rings is 1. The Morgan fingerprint density at radius 3 is 2.81 bits per heavy atom. The van der Waals surface area contributed by atoms with E-state index in [1.54, 1.807) is 18.3 Å². The van der Waals surface area contributed by atoms with Crippen molar-refractivity contribution in [2.24, 2.45) is 5.10 Å². The fraction of sp³-hybridized carbons (Fsp3) is 0.0435. The van der Waals surface area contributed by atoms with Crippen molar-refractivity contribution in [2.75, 3.05) is 0 Å². The number of carbonyl (C=O) groups excluding carboxylic acids is 1. The molecule has 156 valence electrons. The molecule has 0 atom stereocenters. The Labute approximate surface area is 205 Å². The van der Waals surface area contributed by atoms with E-state index in [2.05, 4.69) is 49.0 Å². The third-order valence-corrected chi connectivity index (χ3v) is 6.08. The average Bonchev–Trinajstić information content (AvgIpc) is 3.17. The highest BCUT2D eigenvalue weighted by Crippen LogP contribution is 2.25. The second kappa shape index (κ2) is 9.84. The van der Waals surface area contributed by atoms with Crippen molar-refractivity contribution in [3.8, 4) is 5.75 Å². The molecule has 0 spiro atoms. The number of halogens is 3. The molecule has 31 heavy (non-hydrogen) atoms. The van der Waals surface area contributed by atoms with Gasteiger partial charge in [-0.3, -0.25) is 4.79 Å². The Morgan fingerprint density at radius 2 is 2.00 bits per heavy atom. The minimum absolute atomic E-state index is 0.197. The predicted octanol–water partition coefficient (Wildman–Crippen LogP) is 6.80. The lowest BCUT2D eigenvalue weighted by atomic mass is 10.2. The van der Waals surface area contributed by atoms with Gasteiger partial charge in [-0.1, -0.05) is 45.7 Å². The summed E-state index contributed by atoms with van der Waals surface area (Å²) in [6.45, 7) is 0.382. The van der Waals surface area contributed by atoms with Crippen LogP contribution in [0.25, 0.3) is 11.0 Å². The van der Waals surface area contributed by atoms with E-state index >= 15 is 0 Å². The molecule has 0 aliphatic carbocycles. The maximum absolute atomic E-state index is 12.3. The lowest BCUT2D eigenvalue weighted by Crippen LogP contribution is -2.16. The zero-order valence-electron chi connectivity index (χ0n) is 15.9. The quantitative estimate of drug-likeness (QED) is 0.149. The molecule has 1 N–H and O–H groups in total. The van der Waals surface area contributed by atoms with Crippen molar-refractivity contribution in [1.82, 2.24) is 5.43 Å². The highest BCUT2D eigenvalue weighted by Gasteiger charge is 2.12. The monoisotopic (exact) mass is 608 g/mol. The molecule has 8 heteroatoms. The Morgan fingerprint density at radius 1 is 1.16 bits per heavy atom. The molecule has 3 aromatic carbocycles. The largest absolute Gasteiger partial charge is 0.488 e. The molecule has 1 heterocycles. The molecule has 0 aliphatic rings. The molecule has 0 radical (unpaired) electrons. The van der Waals surface area contributed by atoms with Crippen molar-refractivity contribution >= 4 is 73.2 Å². The van der Waals surface area contributed by atoms with Crippen LogP contribution in [-0.2, 0) is 6.61 Å². The van der Waals surface area contributed by atoms with Gasteiger partial charge in [0.05, 0.1) is 9.78 Å². The van der Waals surface area contributed by atoms with E-state index in [1.165, 1.54) is 0 Å². The Kier molecular flexibility index (Phi) is 6.94. The number of ether oxygens (including phenoxy) is 1. The number of nitrogens with zero attached hydrogens (tertiary/aromatic N) is 1. The van der Waals surface area contributed by atoms with Crippen LogP contribution in [0.1, 0.15) is 21.7 Å². The standard InChI is InChI=1S/C23H15BrClIN2O3/c24-17-6-8-20-16(10-17)11-22(31-20)23(29)28-27-12-14-5-7-21(19(26)9-14)30-13-15-3-1-2-4-18(15)25/h1-12H,13H2,(H,28,29)/b27-12+. The van der Waals surface area contributed by atoms with Gasteiger partial charge in [-0.15, -0.1) is 0 Å². The number of hydrogen-bond acceptors (Lipinski definition) is 4. The second-order valence-corrected chi connectivity index (χ2v) is 9.05. The van der Waals surface area contributed by atoms with E-state index < -0.39 is 5.91 Å².